The molecule has 1 saturated heterocycles. The van der Waals surface area contributed by atoms with Crippen LogP contribution in [0.2, 0.25) is 0 Å². The van der Waals surface area contributed by atoms with Crippen LogP contribution < -0.4 is 5.32 Å². The van der Waals surface area contributed by atoms with Crippen molar-refractivity contribution in [2.24, 2.45) is 0 Å². The lowest BCUT2D eigenvalue weighted by molar-refractivity contribution is 0.0668. The molecule has 30 heavy (non-hydrogen) atoms. The summed E-state index contributed by atoms with van der Waals surface area (Å²) in [5, 5.41) is 17.1. The summed E-state index contributed by atoms with van der Waals surface area (Å²) < 4.78 is 1.77. The average Bonchev–Trinajstić information content (AvgIpc) is 3.21. The van der Waals surface area contributed by atoms with Gasteiger partial charge < -0.3 is 14.9 Å². The summed E-state index contributed by atoms with van der Waals surface area (Å²) >= 11 is 0. The van der Waals surface area contributed by atoms with Crippen LogP contribution in [0.3, 0.4) is 0 Å². The van der Waals surface area contributed by atoms with Crippen LogP contribution in [-0.4, -0.2) is 62.8 Å². The van der Waals surface area contributed by atoms with Crippen LogP contribution in [0, 0.1) is 0 Å². The van der Waals surface area contributed by atoms with E-state index in [-0.39, 0.29) is 23.3 Å². The van der Waals surface area contributed by atoms with Crippen molar-refractivity contribution in [1.82, 2.24) is 19.6 Å². The quantitative estimate of drug-likeness (QED) is 0.698. The Hall–Kier alpha value is -3.81. The first-order chi connectivity index (χ1) is 14.6. The van der Waals surface area contributed by atoms with E-state index in [1.165, 1.54) is 6.07 Å². The maximum atomic E-state index is 12.6. The van der Waals surface area contributed by atoms with Crippen molar-refractivity contribution >= 4 is 17.8 Å². The number of carbonyl (C=O) groups is 2. The molecule has 3 amide bonds. The fraction of sp³-hybridized carbons (Fsp3) is 0.227. The number of urea groups is 1. The van der Waals surface area contributed by atoms with Gasteiger partial charge in [-0.05, 0) is 17.7 Å². The van der Waals surface area contributed by atoms with E-state index in [1.807, 2.05) is 36.5 Å². The number of rotatable bonds is 4. The van der Waals surface area contributed by atoms with Gasteiger partial charge in [0.15, 0.2) is 5.82 Å². The van der Waals surface area contributed by atoms with Crippen LogP contribution in [0.4, 0.5) is 10.6 Å². The molecule has 0 radical (unpaired) electrons. The van der Waals surface area contributed by atoms with Gasteiger partial charge in [-0.1, -0.05) is 42.5 Å². The number of aromatic hydroxyl groups is 1. The molecule has 1 aliphatic rings. The molecule has 0 bridgehead atoms. The van der Waals surface area contributed by atoms with Crippen LogP contribution in [-0.2, 0) is 6.54 Å². The smallest absolute Gasteiger partial charge is 0.323 e. The van der Waals surface area contributed by atoms with Crippen molar-refractivity contribution in [2.45, 2.75) is 6.54 Å². The number of carbonyl (C=O) groups excluding carboxylic acids is 2. The van der Waals surface area contributed by atoms with E-state index in [0.29, 0.717) is 38.5 Å². The number of nitrogens with zero attached hydrogens (tertiary/aromatic N) is 4. The largest absolute Gasteiger partial charge is 0.507 e. The third-order valence-corrected chi connectivity index (χ3v) is 5.05. The van der Waals surface area contributed by atoms with Crippen LogP contribution in [0.15, 0.2) is 66.9 Å². The Morgan fingerprint density at radius 2 is 1.57 bits per heavy atom. The maximum absolute atomic E-state index is 12.6. The Morgan fingerprint density at radius 3 is 2.30 bits per heavy atom. The second-order valence-electron chi connectivity index (χ2n) is 7.11. The van der Waals surface area contributed by atoms with Gasteiger partial charge in [0.1, 0.15) is 5.75 Å². The number of aromatic nitrogens is 2. The van der Waals surface area contributed by atoms with Crippen molar-refractivity contribution in [1.29, 1.82) is 0 Å². The number of phenolic OH excluding ortho intramolecular Hbond substituents is 1. The fourth-order valence-corrected chi connectivity index (χ4v) is 3.41. The average molecular weight is 405 g/mol. The zero-order chi connectivity index (χ0) is 20.9. The molecule has 4 rings (SSSR count). The summed E-state index contributed by atoms with van der Waals surface area (Å²) in [4.78, 5) is 28.4. The molecule has 0 atom stereocenters. The molecule has 2 N–H and O–H groups in total. The molecule has 0 unspecified atom stereocenters. The van der Waals surface area contributed by atoms with Gasteiger partial charge in [-0.15, -0.1) is 0 Å². The molecule has 1 aliphatic heterocycles. The highest BCUT2D eigenvalue weighted by atomic mass is 16.3. The standard InChI is InChI=1S/C22H23N5O3/c28-19-9-5-4-8-18(19)21(29)25-12-14-26(15-13-25)22(30)23-20-10-11-27(24-20)16-17-6-2-1-3-7-17/h1-11,28H,12-16H2,(H,23,24,30). The summed E-state index contributed by atoms with van der Waals surface area (Å²) in [6.45, 7) is 2.27. The topological polar surface area (TPSA) is 90.7 Å². The molecule has 0 aliphatic carbocycles. The summed E-state index contributed by atoms with van der Waals surface area (Å²) in [6.07, 6.45) is 1.82. The molecule has 0 spiro atoms. The van der Waals surface area contributed by atoms with E-state index < -0.39 is 0 Å². The SMILES string of the molecule is O=C(Nc1ccn(Cc2ccccc2)n1)N1CCN(C(=O)c2ccccc2O)CC1. The second kappa shape index (κ2) is 8.69. The van der Waals surface area contributed by atoms with Gasteiger partial charge in [-0.3, -0.25) is 14.8 Å². The number of amides is 3. The van der Waals surface area contributed by atoms with Crippen molar-refractivity contribution in [2.75, 3.05) is 31.5 Å². The molecule has 0 saturated carbocycles. The summed E-state index contributed by atoms with van der Waals surface area (Å²) in [6, 6.07) is 18.0. The number of phenols is 1. The zero-order valence-corrected chi connectivity index (χ0v) is 16.4. The molecule has 2 heterocycles. The van der Waals surface area contributed by atoms with Crippen LogP contribution in [0.5, 0.6) is 5.75 Å². The highest BCUT2D eigenvalue weighted by Crippen LogP contribution is 2.19. The number of para-hydroxylation sites is 1. The Morgan fingerprint density at radius 1 is 0.900 bits per heavy atom. The monoisotopic (exact) mass is 405 g/mol. The van der Waals surface area contributed by atoms with Crippen molar-refractivity contribution in [3.05, 3.63) is 78.0 Å². The molecule has 8 heteroatoms. The highest BCUT2D eigenvalue weighted by Gasteiger charge is 2.26. The molecule has 3 aromatic rings. The molecular weight excluding hydrogens is 382 g/mol. The molecule has 8 nitrogen and oxygen atoms in total. The van der Waals surface area contributed by atoms with E-state index in [4.69, 9.17) is 0 Å². The first-order valence-electron chi connectivity index (χ1n) is 9.81. The minimum atomic E-state index is -0.241. The fourth-order valence-electron chi connectivity index (χ4n) is 3.41. The molecule has 154 valence electrons. The van der Waals surface area contributed by atoms with Crippen molar-refractivity contribution in [3.8, 4) is 5.75 Å². The number of benzene rings is 2. The summed E-state index contributed by atoms with van der Waals surface area (Å²) in [5.74, 6) is 0.227. The lowest BCUT2D eigenvalue weighted by Crippen LogP contribution is -2.51. The number of nitrogens with one attached hydrogen (secondary N) is 1. The van der Waals surface area contributed by atoms with Gasteiger partial charge in [0.2, 0.25) is 0 Å². The lowest BCUT2D eigenvalue weighted by atomic mass is 10.1. The normalized spacial score (nSPS) is 13.9. The number of hydrogen-bond acceptors (Lipinski definition) is 4. The van der Waals surface area contributed by atoms with Gasteiger partial charge in [0.05, 0.1) is 12.1 Å². The molecular formula is C22H23N5O3. The minimum absolute atomic E-state index is 0.0336. The van der Waals surface area contributed by atoms with Crippen LogP contribution in [0.1, 0.15) is 15.9 Å². The third-order valence-electron chi connectivity index (χ3n) is 5.05. The molecule has 2 aromatic carbocycles. The summed E-state index contributed by atoms with van der Waals surface area (Å²) in [5.41, 5.74) is 1.41. The zero-order valence-electron chi connectivity index (χ0n) is 16.4. The number of piperazine rings is 1. The first kappa shape index (κ1) is 19.5. The van der Waals surface area contributed by atoms with E-state index in [9.17, 15) is 14.7 Å². The Kier molecular flexibility index (Phi) is 5.65. The maximum Gasteiger partial charge on any atom is 0.323 e. The van der Waals surface area contributed by atoms with Crippen molar-refractivity contribution in [3.63, 3.8) is 0 Å². The lowest BCUT2D eigenvalue weighted by Gasteiger charge is -2.34. The number of hydrogen-bond donors (Lipinski definition) is 2. The van der Waals surface area contributed by atoms with Crippen molar-refractivity contribution < 1.29 is 14.7 Å². The number of anilines is 1. The first-order valence-corrected chi connectivity index (χ1v) is 9.81. The van der Waals surface area contributed by atoms with E-state index in [2.05, 4.69) is 10.4 Å². The van der Waals surface area contributed by atoms with Gasteiger partial charge in [0.25, 0.3) is 5.91 Å². The van der Waals surface area contributed by atoms with Crippen LogP contribution in [0.25, 0.3) is 0 Å². The van der Waals surface area contributed by atoms with Gasteiger partial charge in [0, 0.05) is 38.4 Å². The Balaban J connectivity index is 1.30. The highest BCUT2D eigenvalue weighted by molar-refractivity contribution is 5.97. The van der Waals surface area contributed by atoms with E-state index in [1.54, 1.807) is 38.7 Å². The minimum Gasteiger partial charge on any atom is -0.507 e. The summed E-state index contributed by atoms with van der Waals surface area (Å²) in [7, 11) is 0. The van der Waals surface area contributed by atoms with Gasteiger partial charge in [-0.25, -0.2) is 4.79 Å². The third kappa shape index (κ3) is 4.43. The predicted octanol–water partition coefficient (Wildman–Crippen LogP) is 2.63. The second-order valence-corrected chi connectivity index (χ2v) is 7.11. The van der Waals surface area contributed by atoms with E-state index >= 15 is 0 Å². The Bertz CT molecular complexity index is 1030. The Labute approximate surface area is 174 Å². The molecule has 1 fully saturated rings. The van der Waals surface area contributed by atoms with Gasteiger partial charge >= 0.3 is 6.03 Å². The van der Waals surface area contributed by atoms with E-state index in [0.717, 1.165) is 5.56 Å². The van der Waals surface area contributed by atoms with Crippen LogP contribution >= 0.6 is 0 Å². The van der Waals surface area contributed by atoms with Gasteiger partial charge in [-0.2, -0.15) is 5.10 Å². The molecule has 1 aromatic heterocycles. The predicted molar refractivity (Wildman–Crippen MR) is 112 cm³/mol.